The van der Waals surface area contributed by atoms with Crippen LogP contribution in [0.4, 0.5) is 0 Å². The average Bonchev–Trinajstić information content (AvgIpc) is 2.53. The van der Waals surface area contributed by atoms with Crippen LogP contribution >= 0.6 is 0 Å². The highest BCUT2D eigenvalue weighted by Gasteiger charge is 2.05. The largest absolute Gasteiger partial charge is 0.497 e. The molecule has 1 aromatic carbocycles. The summed E-state index contributed by atoms with van der Waals surface area (Å²) in [4.78, 5) is 17.6. The van der Waals surface area contributed by atoms with E-state index in [2.05, 4.69) is 22.2 Å². The minimum atomic E-state index is -0.0190. The number of rotatable bonds is 7. The number of nitrogens with one attached hydrogen (secondary N) is 2. The van der Waals surface area contributed by atoms with E-state index >= 15 is 0 Å². The molecule has 0 aliphatic carbocycles. The third-order valence-corrected chi connectivity index (χ3v) is 2.87. The van der Waals surface area contributed by atoms with Crippen molar-refractivity contribution in [1.82, 2.24) is 15.5 Å². The lowest BCUT2D eigenvalue weighted by Gasteiger charge is -2.14. The van der Waals surface area contributed by atoms with Crippen molar-refractivity contribution >= 4 is 11.9 Å². The maximum absolute atomic E-state index is 11.6. The van der Waals surface area contributed by atoms with Crippen LogP contribution in [0, 0.1) is 0 Å². The van der Waals surface area contributed by atoms with E-state index in [1.54, 1.807) is 27.3 Å². The lowest BCUT2D eigenvalue weighted by molar-refractivity contribution is -0.127. The van der Waals surface area contributed by atoms with E-state index in [9.17, 15) is 4.79 Å². The first-order valence-corrected chi connectivity index (χ1v) is 7.03. The Kier molecular flexibility index (Phi) is 7.53. The number of carbonyl (C=O) groups is 1. The Hall–Kier alpha value is -2.50. The molecule has 0 saturated heterocycles. The topological polar surface area (TPSA) is 66.0 Å². The molecule has 0 atom stereocenters. The van der Waals surface area contributed by atoms with Crippen molar-refractivity contribution in [1.29, 1.82) is 0 Å². The van der Waals surface area contributed by atoms with Crippen molar-refractivity contribution in [2.45, 2.75) is 6.54 Å². The van der Waals surface area contributed by atoms with Crippen LogP contribution in [0.5, 0.6) is 5.75 Å². The summed E-state index contributed by atoms with van der Waals surface area (Å²) >= 11 is 0. The summed E-state index contributed by atoms with van der Waals surface area (Å²) < 4.78 is 5.19. The van der Waals surface area contributed by atoms with Gasteiger partial charge in [0.05, 0.1) is 20.2 Å². The summed E-state index contributed by atoms with van der Waals surface area (Å²) in [5, 5.41) is 6.08. The van der Waals surface area contributed by atoms with Gasteiger partial charge in [0.15, 0.2) is 5.96 Å². The molecule has 6 heteroatoms. The second kappa shape index (κ2) is 9.44. The third kappa shape index (κ3) is 6.30. The van der Waals surface area contributed by atoms with Gasteiger partial charge in [-0.1, -0.05) is 18.2 Å². The van der Waals surface area contributed by atoms with E-state index in [-0.39, 0.29) is 12.5 Å². The first kappa shape index (κ1) is 17.6. The highest BCUT2D eigenvalue weighted by Crippen LogP contribution is 2.12. The van der Waals surface area contributed by atoms with Gasteiger partial charge in [0, 0.05) is 20.6 Å². The molecule has 1 rings (SSSR count). The van der Waals surface area contributed by atoms with Crippen LogP contribution in [0.1, 0.15) is 5.56 Å². The molecule has 0 spiro atoms. The molecule has 0 unspecified atom stereocenters. The van der Waals surface area contributed by atoms with Gasteiger partial charge in [-0.3, -0.25) is 4.79 Å². The normalized spacial score (nSPS) is 10.8. The number of benzene rings is 1. The molecule has 0 aromatic heterocycles. The minimum absolute atomic E-state index is 0.0190. The lowest BCUT2D eigenvalue weighted by Crippen LogP contribution is -2.43. The van der Waals surface area contributed by atoms with Crippen LogP contribution in [0.25, 0.3) is 0 Å². The van der Waals surface area contributed by atoms with E-state index in [0.717, 1.165) is 11.3 Å². The highest BCUT2D eigenvalue weighted by molar-refractivity contribution is 5.86. The maximum Gasteiger partial charge on any atom is 0.241 e. The van der Waals surface area contributed by atoms with E-state index in [1.807, 2.05) is 24.3 Å². The van der Waals surface area contributed by atoms with Crippen LogP contribution in [-0.2, 0) is 11.3 Å². The smallest absolute Gasteiger partial charge is 0.241 e. The van der Waals surface area contributed by atoms with Crippen molar-refractivity contribution in [3.05, 3.63) is 42.5 Å². The summed E-state index contributed by atoms with van der Waals surface area (Å²) in [7, 11) is 5.07. The molecule has 0 aliphatic rings. The van der Waals surface area contributed by atoms with Crippen LogP contribution in [0.15, 0.2) is 41.9 Å². The SMILES string of the molecule is C=CCNC(=NCc1cccc(OC)c1)NCC(=O)N(C)C. The van der Waals surface area contributed by atoms with Crippen LogP contribution < -0.4 is 15.4 Å². The van der Waals surface area contributed by atoms with Gasteiger partial charge >= 0.3 is 0 Å². The standard InChI is InChI=1S/C16H24N4O2/c1-5-9-17-16(19-12-15(21)20(2)3)18-11-13-7-6-8-14(10-13)22-4/h5-8,10H,1,9,11-12H2,2-4H3,(H2,17,18,19). The summed E-state index contributed by atoms with van der Waals surface area (Å²) in [5.74, 6) is 1.34. The van der Waals surface area contributed by atoms with E-state index in [0.29, 0.717) is 19.0 Å². The van der Waals surface area contributed by atoms with E-state index in [4.69, 9.17) is 4.74 Å². The zero-order valence-electron chi connectivity index (χ0n) is 13.4. The Bertz CT molecular complexity index is 527. The number of amides is 1. The van der Waals surface area contributed by atoms with Gasteiger partial charge in [-0.05, 0) is 17.7 Å². The zero-order chi connectivity index (χ0) is 16.4. The summed E-state index contributed by atoms with van der Waals surface area (Å²) in [6, 6.07) is 7.71. The van der Waals surface area contributed by atoms with Gasteiger partial charge in [-0.25, -0.2) is 4.99 Å². The lowest BCUT2D eigenvalue weighted by atomic mass is 10.2. The van der Waals surface area contributed by atoms with Gasteiger partial charge in [0.2, 0.25) is 5.91 Å². The minimum Gasteiger partial charge on any atom is -0.497 e. The zero-order valence-corrected chi connectivity index (χ0v) is 13.4. The fourth-order valence-electron chi connectivity index (χ4n) is 1.60. The number of hydrogen-bond donors (Lipinski definition) is 2. The molecule has 0 heterocycles. The van der Waals surface area contributed by atoms with Crippen LogP contribution in [0.2, 0.25) is 0 Å². The molecule has 0 bridgehead atoms. The molecule has 1 aromatic rings. The highest BCUT2D eigenvalue weighted by atomic mass is 16.5. The van der Waals surface area contributed by atoms with Crippen molar-refractivity contribution in [2.24, 2.45) is 4.99 Å². The molecule has 22 heavy (non-hydrogen) atoms. The van der Waals surface area contributed by atoms with E-state index in [1.165, 1.54) is 4.90 Å². The number of guanidine groups is 1. The maximum atomic E-state index is 11.6. The Morgan fingerprint density at radius 3 is 2.82 bits per heavy atom. The predicted octanol–water partition coefficient (Wildman–Crippen LogP) is 1.00. The monoisotopic (exact) mass is 304 g/mol. The molecule has 1 amide bonds. The molecule has 120 valence electrons. The average molecular weight is 304 g/mol. The van der Waals surface area contributed by atoms with Gasteiger partial charge < -0.3 is 20.3 Å². The van der Waals surface area contributed by atoms with Crippen LogP contribution in [0.3, 0.4) is 0 Å². The molecular formula is C16H24N4O2. The van der Waals surface area contributed by atoms with Crippen LogP contribution in [-0.4, -0.2) is 51.1 Å². The molecule has 2 N–H and O–H groups in total. The first-order chi connectivity index (χ1) is 10.6. The Morgan fingerprint density at radius 2 is 2.18 bits per heavy atom. The summed E-state index contributed by atoms with van der Waals surface area (Å²) in [6.07, 6.45) is 1.73. The van der Waals surface area contributed by atoms with E-state index < -0.39 is 0 Å². The van der Waals surface area contributed by atoms with Crippen molar-refractivity contribution < 1.29 is 9.53 Å². The molecule has 0 aliphatic heterocycles. The van der Waals surface area contributed by atoms with Gasteiger partial charge in [-0.2, -0.15) is 0 Å². The fourth-order valence-corrected chi connectivity index (χ4v) is 1.60. The number of likely N-dealkylation sites (N-methyl/N-ethyl adjacent to an activating group) is 1. The van der Waals surface area contributed by atoms with Crippen molar-refractivity contribution in [3.8, 4) is 5.75 Å². The Balaban J connectivity index is 2.68. The molecular weight excluding hydrogens is 280 g/mol. The number of nitrogens with zero attached hydrogens (tertiary/aromatic N) is 2. The Labute approximate surface area is 131 Å². The Morgan fingerprint density at radius 1 is 1.41 bits per heavy atom. The van der Waals surface area contributed by atoms with Gasteiger partial charge in [-0.15, -0.1) is 6.58 Å². The number of aliphatic imine (C=N–C) groups is 1. The summed E-state index contributed by atoms with van der Waals surface area (Å²) in [5.41, 5.74) is 1.03. The number of carbonyl (C=O) groups excluding carboxylic acids is 1. The number of ether oxygens (including phenoxy) is 1. The molecule has 6 nitrogen and oxygen atoms in total. The van der Waals surface area contributed by atoms with Crippen molar-refractivity contribution in [2.75, 3.05) is 34.3 Å². The second-order valence-corrected chi connectivity index (χ2v) is 4.83. The molecule has 0 saturated carbocycles. The quantitative estimate of drug-likeness (QED) is 0.448. The fraction of sp³-hybridized carbons (Fsp3) is 0.375. The first-order valence-electron chi connectivity index (χ1n) is 7.03. The van der Waals surface area contributed by atoms with Gasteiger partial charge in [0.25, 0.3) is 0 Å². The molecule has 0 fully saturated rings. The predicted molar refractivity (Wildman–Crippen MR) is 89.0 cm³/mol. The molecule has 0 radical (unpaired) electrons. The third-order valence-electron chi connectivity index (χ3n) is 2.87. The number of methoxy groups -OCH3 is 1. The summed E-state index contributed by atoms with van der Waals surface area (Å²) in [6.45, 7) is 4.90. The number of hydrogen-bond acceptors (Lipinski definition) is 3. The van der Waals surface area contributed by atoms with Crippen molar-refractivity contribution in [3.63, 3.8) is 0 Å². The van der Waals surface area contributed by atoms with Gasteiger partial charge in [0.1, 0.15) is 5.75 Å². The second-order valence-electron chi connectivity index (χ2n) is 4.83.